The SMILES string of the molecule is C[C@H]1C(=O)C[C@H](c2ccccc2)SN1C(=O)c1ccc(N2CCC3(CC2)OCCCO3)cc1F. The number of nitrogens with zero attached hydrogens (tertiary/aromatic N) is 2. The van der Waals surface area contributed by atoms with E-state index in [4.69, 9.17) is 9.47 Å². The van der Waals surface area contributed by atoms with Crippen molar-refractivity contribution in [1.82, 2.24) is 4.31 Å². The van der Waals surface area contributed by atoms with Gasteiger partial charge in [-0.25, -0.2) is 4.39 Å². The maximum absolute atomic E-state index is 15.2. The van der Waals surface area contributed by atoms with Crippen LogP contribution in [0.15, 0.2) is 48.5 Å². The zero-order valence-electron chi connectivity index (χ0n) is 19.2. The molecule has 2 aromatic rings. The quantitative estimate of drug-likeness (QED) is 0.586. The van der Waals surface area contributed by atoms with Crippen molar-refractivity contribution in [3.8, 4) is 0 Å². The molecule has 8 heteroatoms. The molecule has 2 atom stereocenters. The molecule has 3 aliphatic rings. The Hall–Kier alpha value is -2.42. The number of hydrogen-bond acceptors (Lipinski definition) is 6. The number of anilines is 1. The number of rotatable bonds is 3. The Balaban J connectivity index is 1.30. The minimum absolute atomic E-state index is 0.0166. The zero-order chi connectivity index (χ0) is 23.7. The van der Waals surface area contributed by atoms with Gasteiger partial charge in [-0.15, -0.1) is 0 Å². The Morgan fingerprint density at radius 3 is 2.47 bits per heavy atom. The topological polar surface area (TPSA) is 59.1 Å². The van der Waals surface area contributed by atoms with Gasteiger partial charge in [0.2, 0.25) is 0 Å². The monoisotopic (exact) mass is 484 g/mol. The standard InChI is InChI=1S/C26H29FN2O4S/c1-18-23(30)17-24(19-6-3-2-4-7-19)34-29(18)25(31)21-9-8-20(16-22(21)27)28-12-10-26(11-13-28)32-14-5-15-33-26/h2-4,6-9,16,18,24H,5,10-15,17H2,1H3/t18-,24+/m0/s1. The van der Waals surface area contributed by atoms with Crippen molar-refractivity contribution in [2.45, 2.75) is 49.7 Å². The molecule has 0 bridgehead atoms. The molecule has 1 amide bonds. The molecule has 0 radical (unpaired) electrons. The second-order valence-electron chi connectivity index (χ2n) is 9.09. The van der Waals surface area contributed by atoms with E-state index in [1.165, 1.54) is 28.4 Å². The number of carbonyl (C=O) groups is 2. The largest absolute Gasteiger partial charge is 0.371 e. The summed E-state index contributed by atoms with van der Waals surface area (Å²) in [5, 5.41) is -0.166. The van der Waals surface area contributed by atoms with Crippen LogP contribution in [-0.4, -0.2) is 54.1 Å². The third-order valence-electron chi connectivity index (χ3n) is 6.91. The molecule has 3 aliphatic heterocycles. The van der Waals surface area contributed by atoms with Crippen molar-refractivity contribution < 1.29 is 23.5 Å². The summed E-state index contributed by atoms with van der Waals surface area (Å²) in [5.74, 6) is -1.58. The Bertz CT molecular complexity index is 1050. The van der Waals surface area contributed by atoms with E-state index in [0.717, 1.165) is 30.5 Å². The summed E-state index contributed by atoms with van der Waals surface area (Å²) >= 11 is 1.31. The lowest BCUT2D eigenvalue weighted by Gasteiger charge is -2.44. The summed E-state index contributed by atoms with van der Waals surface area (Å²) in [7, 11) is 0. The van der Waals surface area contributed by atoms with Gasteiger partial charge < -0.3 is 14.4 Å². The maximum Gasteiger partial charge on any atom is 0.267 e. The van der Waals surface area contributed by atoms with E-state index in [-0.39, 0.29) is 16.6 Å². The van der Waals surface area contributed by atoms with Gasteiger partial charge in [-0.2, -0.15) is 0 Å². The lowest BCUT2D eigenvalue weighted by molar-refractivity contribution is -0.275. The zero-order valence-corrected chi connectivity index (χ0v) is 20.1. The van der Waals surface area contributed by atoms with E-state index < -0.39 is 23.6 Å². The van der Waals surface area contributed by atoms with E-state index in [1.54, 1.807) is 13.0 Å². The number of piperidine rings is 1. The smallest absolute Gasteiger partial charge is 0.267 e. The molecule has 2 aromatic carbocycles. The molecular formula is C26H29FN2O4S. The molecule has 180 valence electrons. The first-order valence-corrected chi connectivity index (χ1v) is 12.7. The first-order valence-electron chi connectivity index (χ1n) is 11.9. The Morgan fingerprint density at radius 1 is 1.09 bits per heavy atom. The average molecular weight is 485 g/mol. The summed E-state index contributed by atoms with van der Waals surface area (Å²) in [6.07, 6.45) is 2.71. The van der Waals surface area contributed by atoms with Gasteiger partial charge >= 0.3 is 0 Å². The second-order valence-corrected chi connectivity index (χ2v) is 10.3. The Kier molecular flexibility index (Phi) is 6.64. The van der Waals surface area contributed by atoms with Crippen LogP contribution >= 0.6 is 11.9 Å². The molecule has 6 nitrogen and oxygen atoms in total. The Labute approximate surface area is 203 Å². The number of amides is 1. The van der Waals surface area contributed by atoms with Crippen molar-refractivity contribution in [2.24, 2.45) is 0 Å². The number of ketones is 1. The molecule has 3 fully saturated rings. The van der Waals surface area contributed by atoms with E-state index in [2.05, 4.69) is 4.90 Å². The lowest BCUT2D eigenvalue weighted by atomic mass is 10.0. The third-order valence-corrected chi connectivity index (χ3v) is 8.31. The molecular weight excluding hydrogens is 455 g/mol. The first-order chi connectivity index (χ1) is 16.5. The number of halogens is 1. The van der Waals surface area contributed by atoms with Gasteiger partial charge in [0.25, 0.3) is 5.91 Å². The number of hydrogen-bond donors (Lipinski definition) is 0. The summed E-state index contributed by atoms with van der Waals surface area (Å²) in [4.78, 5) is 28.1. The molecule has 3 saturated heterocycles. The van der Waals surface area contributed by atoms with E-state index >= 15 is 4.39 Å². The van der Waals surface area contributed by atoms with E-state index in [0.29, 0.717) is 32.7 Å². The van der Waals surface area contributed by atoms with Gasteiger partial charge in [0.15, 0.2) is 11.6 Å². The summed E-state index contributed by atoms with van der Waals surface area (Å²) in [6.45, 7) is 4.52. The highest BCUT2D eigenvalue weighted by atomic mass is 32.2. The van der Waals surface area contributed by atoms with Crippen LogP contribution in [0.25, 0.3) is 0 Å². The van der Waals surface area contributed by atoms with Crippen LogP contribution in [0.5, 0.6) is 0 Å². The predicted octanol–water partition coefficient (Wildman–Crippen LogP) is 4.75. The average Bonchev–Trinajstić information content (AvgIpc) is 2.87. The van der Waals surface area contributed by atoms with Crippen molar-refractivity contribution in [3.63, 3.8) is 0 Å². The number of Topliss-reactive ketones (excluding diaryl/α,β-unsaturated/α-hetero) is 1. The van der Waals surface area contributed by atoms with Gasteiger partial charge in [0.1, 0.15) is 5.82 Å². The number of benzene rings is 2. The van der Waals surface area contributed by atoms with E-state index in [9.17, 15) is 9.59 Å². The first kappa shape index (κ1) is 23.3. The van der Waals surface area contributed by atoms with Gasteiger partial charge in [-0.3, -0.25) is 13.9 Å². The van der Waals surface area contributed by atoms with E-state index in [1.807, 2.05) is 30.3 Å². The summed E-state index contributed by atoms with van der Waals surface area (Å²) in [6, 6.07) is 13.8. The van der Waals surface area contributed by atoms with Crippen molar-refractivity contribution in [3.05, 3.63) is 65.5 Å². The summed E-state index contributed by atoms with van der Waals surface area (Å²) in [5.41, 5.74) is 1.70. The molecule has 1 spiro atoms. The van der Waals surface area contributed by atoms with Crippen LogP contribution in [-0.2, 0) is 14.3 Å². The van der Waals surface area contributed by atoms with Crippen LogP contribution in [0.2, 0.25) is 0 Å². The molecule has 0 N–H and O–H groups in total. The normalized spacial score (nSPS) is 24.9. The molecule has 5 rings (SSSR count). The van der Waals surface area contributed by atoms with Gasteiger partial charge in [-0.05, 0) is 49.1 Å². The van der Waals surface area contributed by atoms with Crippen LogP contribution < -0.4 is 4.90 Å². The molecule has 0 aliphatic carbocycles. The molecule has 0 unspecified atom stereocenters. The maximum atomic E-state index is 15.2. The fourth-order valence-corrected chi connectivity index (χ4v) is 6.11. The highest BCUT2D eigenvalue weighted by Crippen LogP contribution is 2.42. The molecule has 3 heterocycles. The van der Waals surface area contributed by atoms with Crippen molar-refractivity contribution >= 4 is 29.3 Å². The fourth-order valence-electron chi connectivity index (χ4n) is 4.82. The molecule has 0 saturated carbocycles. The van der Waals surface area contributed by atoms with Crippen molar-refractivity contribution in [2.75, 3.05) is 31.2 Å². The highest BCUT2D eigenvalue weighted by molar-refractivity contribution is 7.97. The fraction of sp³-hybridized carbons (Fsp3) is 0.462. The van der Waals surface area contributed by atoms with Crippen LogP contribution in [0.1, 0.15) is 53.8 Å². The minimum atomic E-state index is -0.606. The molecule has 34 heavy (non-hydrogen) atoms. The van der Waals surface area contributed by atoms with Gasteiger partial charge in [0, 0.05) is 38.0 Å². The molecule has 0 aromatic heterocycles. The van der Waals surface area contributed by atoms with Crippen LogP contribution in [0.4, 0.5) is 10.1 Å². The van der Waals surface area contributed by atoms with Crippen molar-refractivity contribution in [1.29, 1.82) is 0 Å². The minimum Gasteiger partial charge on any atom is -0.371 e. The van der Waals surface area contributed by atoms with Crippen LogP contribution in [0.3, 0.4) is 0 Å². The number of ether oxygens (including phenoxy) is 2. The predicted molar refractivity (Wildman–Crippen MR) is 129 cm³/mol. The van der Waals surface area contributed by atoms with Gasteiger partial charge in [-0.1, -0.05) is 30.3 Å². The Morgan fingerprint density at radius 2 is 1.79 bits per heavy atom. The summed E-state index contributed by atoms with van der Waals surface area (Å²) < 4.78 is 28.4. The highest BCUT2D eigenvalue weighted by Gasteiger charge is 2.39. The number of carbonyl (C=O) groups excluding carboxylic acids is 2. The second kappa shape index (κ2) is 9.68. The lowest BCUT2D eigenvalue weighted by Crippen LogP contribution is -2.50. The van der Waals surface area contributed by atoms with Crippen LogP contribution in [0, 0.1) is 5.82 Å². The van der Waals surface area contributed by atoms with Gasteiger partial charge in [0.05, 0.1) is 30.1 Å². The third kappa shape index (κ3) is 4.59.